The summed E-state index contributed by atoms with van der Waals surface area (Å²) in [7, 11) is -3.87. The highest BCUT2D eigenvalue weighted by molar-refractivity contribution is 7.92. The van der Waals surface area contributed by atoms with Gasteiger partial charge in [-0.1, -0.05) is 59.6 Å². The highest BCUT2D eigenvalue weighted by atomic mass is 35.5. The van der Waals surface area contributed by atoms with E-state index in [0.717, 1.165) is 16.1 Å². The molecule has 0 saturated carbocycles. The zero-order valence-electron chi connectivity index (χ0n) is 21.9. The smallest absolute Gasteiger partial charge is 0.244 e. The Morgan fingerprint density at radius 3 is 2.13 bits per heavy atom. The summed E-state index contributed by atoms with van der Waals surface area (Å²) >= 11 is 12.7. The van der Waals surface area contributed by atoms with E-state index in [1.54, 1.807) is 56.3 Å². The van der Waals surface area contributed by atoms with Gasteiger partial charge in [-0.2, -0.15) is 0 Å². The van der Waals surface area contributed by atoms with Gasteiger partial charge in [0.05, 0.1) is 11.9 Å². The van der Waals surface area contributed by atoms with Gasteiger partial charge in [0.1, 0.15) is 24.9 Å². The molecule has 3 aromatic rings. The zero-order chi connectivity index (χ0) is 28.6. The number of likely N-dealkylation sites (N-methyl/N-ethyl adjacent to an activating group) is 1. The number of ether oxygens (including phenoxy) is 1. The molecular weight excluding hydrogens is 561 g/mol. The molecule has 3 aromatic carbocycles. The summed E-state index contributed by atoms with van der Waals surface area (Å²) in [5.41, 5.74) is 1.72. The van der Waals surface area contributed by atoms with Crippen molar-refractivity contribution in [2.75, 3.05) is 23.7 Å². The van der Waals surface area contributed by atoms with E-state index in [1.807, 2.05) is 30.3 Å². The average Bonchev–Trinajstić information content (AvgIpc) is 2.90. The van der Waals surface area contributed by atoms with E-state index in [2.05, 4.69) is 5.32 Å². The topological polar surface area (TPSA) is 96.0 Å². The summed E-state index contributed by atoms with van der Waals surface area (Å²) < 4.78 is 32.3. The number of hydrogen-bond acceptors (Lipinski definition) is 5. The number of benzene rings is 3. The molecule has 11 heteroatoms. The highest BCUT2D eigenvalue weighted by Gasteiger charge is 2.30. The molecule has 2 amide bonds. The van der Waals surface area contributed by atoms with Crippen LogP contribution in [0.5, 0.6) is 5.75 Å². The molecule has 0 heterocycles. The van der Waals surface area contributed by atoms with Crippen molar-refractivity contribution in [1.82, 2.24) is 10.2 Å². The van der Waals surface area contributed by atoms with Crippen LogP contribution >= 0.6 is 23.2 Å². The lowest BCUT2D eigenvalue weighted by atomic mass is 10.1. The minimum Gasteiger partial charge on any atom is -0.489 e. The van der Waals surface area contributed by atoms with Gasteiger partial charge in [0, 0.05) is 28.7 Å². The quantitative estimate of drug-likeness (QED) is 0.323. The van der Waals surface area contributed by atoms with Crippen molar-refractivity contribution in [2.45, 2.75) is 33.0 Å². The third-order valence-corrected chi connectivity index (χ3v) is 7.81. The van der Waals surface area contributed by atoms with Crippen LogP contribution in [0, 0.1) is 0 Å². The van der Waals surface area contributed by atoms with Gasteiger partial charge in [0.2, 0.25) is 21.8 Å². The Morgan fingerprint density at radius 2 is 1.56 bits per heavy atom. The minimum atomic E-state index is -3.87. The van der Waals surface area contributed by atoms with Crippen LogP contribution in [0.2, 0.25) is 10.0 Å². The van der Waals surface area contributed by atoms with Crippen LogP contribution in [0.25, 0.3) is 0 Å². The Morgan fingerprint density at radius 1 is 0.949 bits per heavy atom. The van der Waals surface area contributed by atoms with Gasteiger partial charge in [-0.25, -0.2) is 8.42 Å². The zero-order valence-corrected chi connectivity index (χ0v) is 24.3. The summed E-state index contributed by atoms with van der Waals surface area (Å²) in [6, 6.07) is 20.1. The number of nitrogens with zero attached hydrogens (tertiary/aromatic N) is 2. The fraction of sp³-hybridized carbons (Fsp3) is 0.286. The fourth-order valence-electron chi connectivity index (χ4n) is 3.82. The van der Waals surface area contributed by atoms with Gasteiger partial charge in [-0.3, -0.25) is 13.9 Å². The number of carbonyl (C=O) groups excluding carboxylic acids is 2. The number of halogens is 2. The third kappa shape index (κ3) is 8.36. The second-order valence-corrected chi connectivity index (χ2v) is 11.6. The third-order valence-electron chi connectivity index (χ3n) is 5.96. The molecule has 0 aromatic heterocycles. The second-order valence-electron chi connectivity index (χ2n) is 8.83. The summed E-state index contributed by atoms with van der Waals surface area (Å²) in [6.07, 6.45) is 1.02. The summed E-state index contributed by atoms with van der Waals surface area (Å²) in [4.78, 5) is 27.6. The molecule has 8 nitrogen and oxygen atoms in total. The summed E-state index contributed by atoms with van der Waals surface area (Å²) in [6.45, 7) is 3.43. The Kier molecular flexibility index (Phi) is 10.6. The average molecular weight is 593 g/mol. The minimum absolute atomic E-state index is 0.0838. The van der Waals surface area contributed by atoms with E-state index in [1.165, 1.54) is 4.90 Å². The standard InChI is InChI=1S/C28H31Cl2N3O5S/c1-4-31-28(35)20(2)32(17-24-25(29)11-8-12-26(24)30)27(34)18-33(39(3,36)37)22-13-15-23(16-14-22)38-19-21-9-6-5-7-10-21/h5-16,20H,4,17-19H2,1-3H3,(H,31,35)/t20-/m0/s1. The van der Waals surface area contributed by atoms with Crippen molar-refractivity contribution in [1.29, 1.82) is 0 Å². The number of anilines is 1. The van der Waals surface area contributed by atoms with Crippen LogP contribution < -0.4 is 14.4 Å². The van der Waals surface area contributed by atoms with Crippen molar-refractivity contribution < 1.29 is 22.7 Å². The molecule has 0 aliphatic carbocycles. The largest absolute Gasteiger partial charge is 0.489 e. The normalized spacial score (nSPS) is 11.9. The van der Waals surface area contributed by atoms with Gasteiger partial charge in [-0.05, 0) is 55.8 Å². The van der Waals surface area contributed by atoms with E-state index in [-0.39, 0.29) is 18.1 Å². The molecule has 0 fully saturated rings. The Balaban J connectivity index is 1.85. The van der Waals surface area contributed by atoms with Crippen molar-refractivity contribution in [3.8, 4) is 5.75 Å². The van der Waals surface area contributed by atoms with Gasteiger partial charge in [0.25, 0.3) is 0 Å². The molecule has 1 atom stereocenters. The Bertz CT molecular complexity index is 1370. The monoisotopic (exact) mass is 591 g/mol. The van der Waals surface area contributed by atoms with Gasteiger partial charge in [0.15, 0.2) is 0 Å². The van der Waals surface area contributed by atoms with E-state index < -0.39 is 28.5 Å². The van der Waals surface area contributed by atoms with E-state index in [9.17, 15) is 18.0 Å². The first-order chi connectivity index (χ1) is 18.5. The number of nitrogens with one attached hydrogen (secondary N) is 1. The Hall–Kier alpha value is -3.27. The SMILES string of the molecule is CCNC(=O)[C@H](C)N(Cc1c(Cl)cccc1Cl)C(=O)CN(c1ccc(OCc2ccccc2)cc1)S(C)(=O)=O. The van der Waals surface area contributed by atoms with Crippen LogP contribution in [0.1, 0.15) is 25.0 Å². The maximum Gasteiger partial charge on any atom is 0.244 e. The molecule has 0 spiro atoms. The second kappa shape index (κ2) is 13.7. The lowest BCUT2D eigenvalue weighted by Crippen LogP contribution is -2.51. The van der Waals surface area contributed by atoms with Crippen LogP contribution in [0.15, 0.2) is 72.8 Å². The lowest BCUT2D eigenvalue weighted by Gasteiger charge is -2.31. The Labute approximate surface area is 239 Å². The first kappa shape index (κ1) is 30.3. The van der Waals surface area contributed by atoms with Gasteiger partial charge in [-0.15, -0.1) is 0 Å². The fourth-order valence-corrected chi connectivity index (χ4v) is 5.19. The maximum absolute atomic E-state index is 13.6. The molecule has 3 rings (SSSR count). The van der Waals surface area contributed by atoms with E-state index >= 15 is 0 Å². The molecule has 0 unspecified atom stereocenters. The molecule has 208 valence electrons. The summed E-state index contributed by atoms with van der Waals surface area (Å²) in [5.74, 6) is -0.443. The van der Waals surface area contributed by atoms with E-state index in [0.29, 0.717) is 34.5 Å². The predicted octanol–water partition coefficient (Wildman–Crippen LogP) is 4.89. The molecule has 0 saturated heterocycles. The number of amides is 2. The van der Waals surface area contributed by atoms with Crippen molar-refractivity contribution >= 4 is 50.7 Å². The van der Waals surface area contributed by atoms with Crippen molar-refractivity contribution in [2.24, 2.45) is 0 Å². The van der Waals surface area contributed by atoms with Crippen molar-refractivity contribution in [3.05, 3.63) is 94.0 Å². The molecular formula is C28H31Cl2N3O5S. The number of sulfonamides is 1. The van der Waals surface area contributed by atoms with Gasteiger partial charge < -0.3 is 15.0 Å². The predicted molar refractivity (Wildman–Crippen MR) is 155 cm³/mol. The lowest BCUT2D eigenvalue weighted by molar-refractivity contribution is -0.139. The van der Waals surface area contributed by atoms with Crippen LogP contribution in [-0.2, 0) is 32.8 Å². The van der Waals surface area contributed by atoms with Crippen LogP contribution in [-0.4, -0.2) is 50.5 Å². The molecule has 39 heavy (non-hydrogen) atoms. The molecule has 0 aliphatic heterocycles. The molecule has 0 bridgehead atoms. The molecule has 0 aliphatic rings. The van der Waals surface area contributed by atoms with E-state index in [4.69, 9.17) is 27.9 Å². The first-order valence-electron chi connectivity index (χ1n) is 12.3. The maximum atomic E-state index is 13.6. The highest BCUT2D eigenvalue weighted by Crippen LogP contribution is 2.27. The van der Waals surface area contributed by atoms with Crippen LogP contribution in [0.3, 0.4) is 0 Å². The van der Waals surface area contributed by atoms with Gasteiger partial charge >= 0.3 is 0 Å². The molecule has 0 radical (unpaired) electrons. The molecule has 1 N–H and O–H groups in total. The van der Waals surface area contributed by atoms with Crippen LogP contribution in [0.4, 0.5) is 5.69 Å². The number of carbonyl (C=O) groups is 2. The summed E-state index contributed by atoms with van der Waals surface area (Å²) in [5, 5.41) is 3.35. The number of rotatable bonds is 12. The van der Waals surface area contributed by atoms with Crippen molar-refractivity contribution in [3.63, 3.8) is 0 Å². The first-order valence-corrected chi connectivity index (χ1v) is 14.9. The number of hydrogen-bond donors (Lipinski definition) is 1.